The minimum absolute atomic E-state index is 0.576. The highest BCUT2D eigenvalue weighted by Crippen LogP contribution is 2.18. The molecule has 0 spiro atoms. The van der Waals surface area contributed by atoms with Gasteiger partial charge in [0.05, 0.1) is 6.61 Å². The van der Waals surface area contributed by atoms with Crippen molar-refractivity contribution in [2.24, 2.45) is 5.92 Å². The second kappa shape index (κ2) is 6.35. The number of ether oxygens (including phenoxy) is 2. The Morgan fingerprint density at radius 2 is 2.46 bits per heavy atom. The lowest BCUT2D eigenvalue weighted by Gasteiger charge is -2.22. The molecule has 0 amide bonds. The fourth-order valence-electron chi connectivity index (χ4n) is 1.88. The summed E-state index contributed by atoms with van der Waals surface area (Å²) in [6, 6.07) is 0.576. The zero-order valence-corrected chi connectivity index (χ0v) is 8.71. The van der Waals surface area contributed by atoms with Crippen LogP contribution in [0.15, 0.2) is 0 Å². The molecule has 1 aliphatic rings. The van der Waals surface area contributed by atoms with Crippen molar-refractivity contribution in [3.05, 3.63) is 0 Å². The Bertz CT molecular complexity index is 124. The van der Waals surface area contributed by atoms with E-state index in [1.165, 1.54) is 6.42 Å². The van der Waals surface area contributed by atoms with Crippen LogP contribution in [0.3, 0.4) is 0 Å². The maximum Gasteiger partial charge on any atom is 0.0510 e. The average molecular weight is 187 g/mol. The van der Waals surface area contributed by atoms with Gasteiger partial charge in [0.25, 0.3) is 0 Å². The second-order valence-electron chi connectivity index (χ2n) is 3.57. The van der Waals surface area contributed by atoms with Crippen LogP contribution in [0, 0.1) is 5.92 Å². The molecule has 2 atom stereocenters. The third-order valence-electron chi connectivity index (χ3n) is 2.63. The zero-order valence-electron chi connectivity index (χ0n) is 8.71. The first-order chi connectivity index (χ1) is 6.38. The van der Waals surface area contributed by atoms with Gasteiger partial charge in [0.1, 0.15) is 0 Å². The first-order valence-corrected chi connectivity index (χ1v) is 5.18. The van der Waals surface area contributed by atoms with Gasteiger partial charge in [-0.25, -0.2) is 0 Å². The molecule has 1 aliphatic heterocycles. The lowest BCUT2D eigenvalue weighted by molar-refractivity contribution is 0.152. The molecule has 1 rings (SSSR count). The average Bonchev–Trinajstić information content (AvgIpc) is 2.65. The lowest BCUT2D eigenvalue weighted by atomic mass is 9.96. The predicted molar refractivity (Wildman–Crippen MR) is 52.9 cm³/mol. The van der Waals surface area contributed by atoms with Gasteiger partial charge in [0, 0.05) is 26.4 Å². The van der Waals surface area contributed by atoms with Gasteiger partial charge in [0.15, 0.2) is 0 Å². The van der Waals surface area contributed by atoms with Crippen LogP contribution >= 0.6 is 0 Å². The van der Waals surface area contributed by atoms with Crippen LogP contribution in [0.5, 0.6) is 0 Å². The van der Waals surface area contributed by atoms with E-state index in [9.17, 15) is 0 Å². The van der Waals surface area contributed by atoms with E-state index < -0.39 is 0 Å². The normalized spacial score (nSPS) is 24.9. The molecular formula is C10H21NO2. The predicted octanol–water partition coefficient (Wildman–Crippen LogP) is 1.04. The summed E-state index contributed by atoms with van der Waals surface area (Å²) in [5.74, 6) is 0.690. The van der Waals surface area contributed by atoms with E-state index in [2.05, 4.69) is 12.2 Å². The molecule has 0 aliphatic carbocycles. The highest BCUT2D eigenvalue weighted by atomic mass is 16.5. The van der Waals surface area contributed by atoms with Crippen LogP contribution in [0.2, 0.25) is 0 Å². The largest absolute Gasteiger partial charge is 0.385 e. The Balaban J connectivity index is 2.26. The van der Waals surface area contributed by atoms with E-state index >= 15 is 0 Å². The first kappa shape index (κ1) is 11.0. The second-order valence-corrected chi connectivity index (χ2v) is 3.57. The van der Waals surface area contributed by atoms with E-state index in [4.69, 9.17) is 9.47 Å². The van der Waals surface area contributed by atoms with Crippen LogP contribution in [-0.2, 0) is 9.47 Å². The summed E-state index contributed by atoms with van der Waals surface area (Å²) < 4.78 is 10.5. The van der Waals surface area contributed by atoms with Crippen molar-refractivity contribution in [1.82, 2.24) is 5.32 Å². The fraction of sp³-hybridized carbons (Fsp3) is 1.00. The quantitative estimate of drug-likeness (QED) is 0.674. The van der Waals surface area contributed by atoms with Gasteiger partial charge in [-0.3, -0.25) is 0 Å². The van der Waals surface area contributed by atoms with Crippen molar-refractivity contribution in [3.8, 4) is 0 Å². The molecule has 1 fully saturated rings. The van der Waals surface area contributed by atoms with Crippen LogP contribution in [0.4, 0.5) is 0 Å². The lowest BCUT2D eigenvalue weighted by Crippen LogP contribution is -2.37. The summed E-state index contributed by atoms with van der Waals surface area (Å²) in [5.41, 5.74) is 0. The zero-order chi connectivity index (χ0) is 9.52. The Morgan fingerprint density at radius 1 is 1.62 bits per heavy atom. The summed E-state index contributed by atoms with van der Waals surface area (Å²) in [5, 5.41) is 3.50. The Labute approximate surface area is 80.8 Å². The standard InChI is InChI=1S/C10H21NO2/c1-3-11-10(5-6-12-2)9-4-7-13-8-9/h9-11H,3-8H2,1-2H3. The Kier molecular flexibility index (Phi) is 5.35. The summed E-state index contributed by atoms with van der Waals surface area (Å²) in [6.45, 7) is 5.87. The van der Waals surface area contributed by atoms with Crippen LogP contribution in [0.25, 0.3) is 0 Å². The molecule has 1 heterocycles. The summed E-state index contributed by atoms with van der Waals surface area (Å²) in [4.78, 5) is 0. The molecule has 0 aromatic heterocycles. The van der Waals surface area contributed by atoms with Crippen molar-refractivity contribution < 1.29 is 9.47 Å². The number of methoxy groups -OCH3 is 1. The molecule has 1 N–H and O–H groups in total. The van der Waals surface area contributed by atoms with Crippen LogP contribution < -0.4 is 5.32 Å². The van der Waals surface area contributed by atoms with Crippen molar-refractivity contribution in [2.75, 3.05) is 33.5 Å². The smallest absolute Gasteiger partial charge is 0.0510 e. The van der Waals surface area contributed by atoms with E-state index in [0.717, 1.165) is 32.8 Å². The number of nitrogens with one attached hydrogen (secondary N) is 1. The molecule has 0 bridgehead atoms. The van der Waals surface area contributed by atoms with E-state index in [1.54, 1.807) is 7.11 Å². The van der Waals surface area contributed by atoms with E-state index in [1.807, 2.05) is 0 Å². The highest BCUT2D eigenvalue weighted by Gasteiger charge is 2.24. The minimum atomic E-state index is 0.576. The van der Waals surface area contributed by atoms with Gasteiger partial charge in [-0.15, -0.1) is 0 Å². The monoisotopic (exact) mass is 187 g/mol. The summed E-state index contributed by atoms with van der Waals surface area (Å²) in [7, 11) is 1.76. The maximum absolute atomic E-state index is 5.38. The topological polar surface area (TPSA) is 30.5 Å². The summed E-state index contributed by atoms with van der Waals surface area (Å²) >= 11 is 0. The molecule has 1 saturated heterocycles. The summed E-state index contributed by atoms with van der Waals surface area (Å²) in [6.07, 6.45) is 2.29. The van der Waals surface area contributed by atoms with Gasteiger partial charge in [-0.05, 0) is 25.3 Å². The number of hydrogen-bond acceptors (Lipinski definition) is 3. The highest BCUT2D eigenvalue weighted by molar-refractivity contribution is 4.78. The molecule has 3 nitrogen and oxygen atoms in total. The molecule has 0 saturated carbocycles. The third-order valence-corrected chi connectivity index (χ3v) is 2.63. The molecular weight excluding hydrogens is 166 g/mol. The molecule has 3 heteroatoms. The van der Waals surface area contributed by atoms with E-state index in [-0.39, 0.29) is 0 Å². The molecule has 0 radical (unpaired) electrons. The number of hydrogen-bond donors (Lipinski definition) is 1. The Morgan fingerprint density at radius 3 is 3.00 bits per heavy atom. The molecule has 0 aromatic rings. The van der Waals surface area contributed by atoms with Crippen LogP contribution in [0.1, 0.15) is 19.8 Å². The van der Waals surface area contributed by atoms with Gasteiger partial charge >= 0.3 is 0 Å². The molecule has 78 valence electrons. The van der Waals surface area contributed by atoms with Gasteiger partial charge in [-0.2, -0.15) is 0 Å². The van der Waals surface area contributed by atoms with E-state index in [0.29, 0.717) is 12.0 Å². The third kappa shape index (κ3) is 3.63. The maximum atomic E-state index is 5.38. The van der Waals surface area contributed by atoms with Gasteiger partial charge < -0.3 is 14.8 Å². The van der Waals surface area contributed by atoms with Crippen molar-refractivity contribution >= 4 is 0 Å². The molecule has 2 unspecified atom stereocenters. The molecule has 13 heavy (non-hydrogen) atoms. The number of rotatable bonds is 6. The minimum Gasteiger partial charge on any atom is -0.385 e. The molecule has 0 aromatic carbocycles. The van der Waals surface area contributed by atoms with Crippen molar-refractivity contribution in [3.63, 3.8) is 0 Å². The van der Waals surface area contributed by atoms with Crippen molar-refractivity contribution in [1.29, 1.82) is 0 Å². The van der Waals surface area contributed by atoms with Gasteiger partial charge in [0.2, 0.25) is 0 Å². The van der Waals surface area contributed by atoms with Crippen LogP contribution in [-0.4, -0.2) is 39.5 Å². The SMILES string of the molecule is CCNC(CCOC)C1CCOC1. The Hall–Kier alpha value is -0.120. The fourth-order valence-corrected chi connectivity index (χ4v) is 1.88. The van der Waals surface area contributed by atoms with Crippen molar-refractivity contribution in [2.45, 2.75) is 25.8 Å². The first-order valence-electron chi connectivity index (χ1n) is 5.18. The van der Waals surface area contributed by atoms with Gasteiger partial charge in [-0.1, -0.05) is 6.92 Å².